The van der Waals surface area contributed by atoms with Crippen molar-refractivity contribution in [1.29, 1.82) is 0 Å². The second-order valence-corrected chi connectivity index (χ2v) is 8.72. The topological polar surface area (TPSA) is 34.1 Å². The number of hydrogen-bond donors (Lipinski definition) is 0. The fraction of sp³-hybridized carbons (Fsp3) is 0.100. The van der Waals surface area contributed by atoms with Crippen LogP contribution in [0.3, 0.4) is 0 Å². The molecule has 25 heavy (non-hydrogen) atoms. The lowest BCUT2D eigenvalue weighted by Gasteiger charge is -2.15. The summed E-state index contributed by atoms with van der Waals surface area (Å²) in [5.74, 6) is 0. The molecule has 0 fully saturated rings. The summed E-state index contributed by atoms with van der Waals surface area (Å²) in [5, 5.41) is 0.602. The first-order valence-electron chi connectivity index (χ1n) is 7.64. The summed E-state index contributed by atoms with van der Waals surface area (Å²) < 4.78 is 24.3. The molecule has 3 aromatic rings. The molecule has 128 valence electrons. The summed E-state index contributed by atoms with van der Waals surface area (Å²) in [6.07, 6.45) is 3.33. The molecule has 0 heterocycles. The normalized spacial score (nSPS) is 13.4. The van der Waals surface area contributed by atoms with Gasteiger partial charge in [-0.05, 0) is 46.5 Å². The van der Waals surface area contributed by atoms with Crippen LogP contribution < -0.4 is 0 Å². The van der Waals surface area contributed by atoms with E-state index in [1.807, 2.05) is 66.7 Å². The summed E-state index contributed by atoms with van der Waals surface area (Å²) in [5.41, 5.74) is 3.58. The van der Waals surface area contributed by atoms with Gasteiger partial charge in [-0.2, -0.15) is 0 Å². The van der Waals surface area contributed by atoms with Crippen molar-refractivity contribution in [3.05, 3.63) is 71.8 Å². The Morgan fingerprint density at radius 1 is 0.640 bits per heavy atom. The summed E-state index contributed by atoms with van der Waals surface area (Å²) in [4.78, 5) is 1.52. The number of benzene rings is 3. The van der Waals surface area contributed by atoms with Gasteiger partial charge >= 0.3 is 0 Å². The van der Waals surface area contributed by atoms with E-state index in [9.17, 15) is 8.42 Å². The molecule has 0 saturated heterocycles. The minimum Gasteiger partial charge on any atom is -0.255 e. The van der Waals surface area contributed by atoms with Gasteiger partial charge in [0, 0.05) is 27.3 Å². The fourth-order valence-electron chi connectivity index (χ4n) is 2.85. The predicted octanol–water partition coefficient (Wildman–Crippen LogP) is 5.15. The number of halogens is 1. The summed E-state index contributed by atoms with van der Waals surface area (Å²) in [7, 11) is -2.25. The second-order valence-electron chi connectivity index (χ2n) is 5.59. The van der Waals surface area contributed by atoms with Crippen LogP contribution in [0.4, 0.5) is 0 Å². The van der Waals surface area contributed by atoms with Crippen LogP contribution in [-0.4, -0.2) is 20.9 Å². The Bertz CT molecular complexity index is 983. The molecular weight excluding hydrogens is 372 g/mol. The van der Waals surface area contributed by atoms with Crippen LogP contribution in [0.5, 0.6) is 0 Å². The standard InChI is InChI=1S/C20H17ClO2S2/c1-24(22)19-9-5-3-7-16(19)15-12-11-14(21)13-18(15)17-8-4-6-10-20(17)25(2)23/h3-13H,1-2H3. The van der Waals surface area contributed by atoms with Crippen molar-refractivity contribution < 1.29 is 8.42 Å². The van der Waals surface area contributed by atoms with Gasteiger partial charge in [-0.25, -0.2) is 0 Å². The van der Waals surface area contributed by atoms with Gasteiger partial charge < -0.3 is 0 Å². The molecule has 0 N–H and O–H groups in total. The lowest BCUT2D eigenvalue weighted by atomic mass is 9.94. The monoisotopic (exact) mass is 388 g/mol. The van der Waals surface area contributed by atoms with E-state index in [4.69, 9.17) is 11.6 Å². The highest BCUT2D eigenvalue weighted by Crippen LogP contribution is 2.38. The van der Waals surface area contributed by atoms with Crippen LogP contribution in [0.1, 0.15) is 0 Å². The van der Waals surface area contributed by atoms with E-state index in [0.717, 1.165) is 32.0 Å². The summed E-state index contributed by atoms with van der Waals surface area (Å²) in [6, 6.07) is 20.8. The third kappa shape index (κ3) is 3.76. The average Bonchev–Trinajstić information content (AvgIpc) is 2.61. The molecule has 2 nitrogen and oxygen atoms in total. The second kappa shape index (κ2) is 7.65. The van der Waals surface area contributed by atoms with Crippen molar-refractivity contribution >= 4 is 33.2 Å². The highest BCUT2D eigenvalue weighted by Gasteiger charge is 2.16. The molecule has 3 aromatic carbocycles. The fourth-order valence-corrected chi connectivity index (χ4v) is 4.54. The van der Waals surface area contributed by atoms with Gasteiger partial charge in [0.25, 0.3) is 0 Å². The van der Waals surface area contributed by atoms with Crippen molar-refractivity contribution in [2.45, 2.75) is 9.79 Å². The van der Waals surface area contributed by atoms with E-state index in [0.29, 0.717) is 5.02 Å². The molecule has 0 aliphatic rings. The van der Waals surface area contributed by atoms with Gasteiger partial charge in [-0.1, -0.05) is 54.1 Å². The molecule has 0 aliphatic carbocycles. The Kier molecular flexibility index (Phi) is 5.52. The minimum atomic E-state index is -1.13. The first kappa shape index (κ1) is 18.1. The van der Waals surface area contributed by atoms with Crippen molar-refractivity contribution in [2.24, 2.45) is 0 Å². The quantitative estimate of drug-likeness (QED) is 0.619. The third-order valence-corrected chi connectivity index (χ3v) is 6.14. The molecule has 0 amide bonds. The summed E-state index contributed by atoms with van der Waals surface area (Å²) >= 11 is 6.25. The van der Waals surface area contributed by atoms with Crippen LogP contribution in [0, 0.1) is 0 Å². The van der Waals surface area contributed by atoms with Crippen LogP contribution >= 0.6 is 11.6 Å². The predicted molar refractivity (Wildman–Crippen MR) is 107 cm³/mol. The van der Waals surface area contributed by atoms with Crippen molar-refractivity contribution in [3.63, 3.8) is 0 Å². The number of hydrogen-bond acceptors (Lipinski definition) is 2. The van der Waals surface area contributed by atoms with E-state index in [1.165, 1.54) is 0 Å². The van der Waals surface area contributed by atoms with Crippen LogP contribution in [-0.2, 0) is 21.6 Å². The minimum absolute atomic E-state index is 0.602. The molecule has 0 bridgehead atoms. The maximum Gasteiger partial charge on any atom is 0.0504 e. The number of rotatable bonds is 4. The zero-order valence-electron chi connectivity index (χ0n) is 13.9. The van der Waals surface area contributed by atoms with Gasteiger partial charge in [0.2, 0.25) is 0 Å². The zero-order chi connectivity index (χ0) is 18.0. The van der Waals surface area contributed by atoms with Gasteiger partial charge in [0.05, 0.1) is 21.6 Å². The highest BCUT2D eigenvalue weighted by atomic mass is 35.5. The first-order chi connectivity index (χ1) is 12.0. The van der Waals surface area contributed by atoms with Gasteiger partial charge in [-0.3, -0.25) is 8.42 Å². The molecule has 0 saturated carbocycles. The van der Waals surface area contributed by atoms with E-state index in [1.54, 1.807) is 12.5 Å². The molecule has 2 unspecified atom stereocenters. The average molecular weight is 389 g/mol. The highest BCUT2D eigenvalue weighted by molar-refractivity contribution is 7.84. The molecule has 2 atom stereocenters. The maximum absolute atomic E-state index is 12.2. The van der Waals surface area contributed by atoms with E-state index in [2.05, 4.69) is 0 Å². The van der Waals surface area contributed by atoms with E-state index < -0.39 is 21.6 Å². The Morgan fingerprint density at radius 3 is 1.64 bits per heavy atom. The molecular formula is C20H17ClO2S2. The molecule has 0 spiro atoms. The Hall–Kier alpha value is -1.75. The van der Waals surface area contributed by atoms with Crippen LogP contribution in [0.25, 0.3) is 22.3 Å². The van der Waals surface area contributed by atoms with Crippen LogP contribution in [0.2, 0.25) is 5.02 Å². The van der Waals surface area contributed by atoms with E-state index >= 15 is 0 Å². The Balaban J connectivity index is 2.33. The van der Waals surface area contributed by atoms with Crippen LogP contribution in [0.15, 0.2) is 76.5 Å². The third-order valence-electron chi connectivity index (χ3n) is 3.96. The Morgan fingerprint density at radius 2 is 1.12 bits per heavy atom. The molecule has 5 heteroatoms. The first-order valence-corrected chi connectivity index (χ1v) is 11.1. The molecule has 0 radical (unpaired) electrons. The molecule has 3 rings (SSSR count). The molecule has 0 aromatic heterocycles. The lowest BCUT2D eigenvalue weighted by molar-refractivity contribution is 0.686. The van der Waals surface area contributed by atoms with Gasteiger partial charge in [0.15, 0.2) is 0 Å². The van der Waals surface area contributed by atoms with E-state index in [-0.39, 0.29) is 0 Å². The SMILES string of the molecule is CS(=O)c1ccccc1-c1ccc(Cl)cc1-c1ccccc1S(C)=O. The van der Waals surface area contributed by atoms with Crippen molar-refractivity contribution in [3.8, 4) is 22.3 Å². The molecule has 0 aliphatic heterocycles. The van der Waals surface area contributed by atoms with Crippen molar-refractivity contribution in [2.75, 3.05) is 12.5 Å². The lowest BCUT2D eigenvalue weighted by Crippen LogP contribution is -1.96. The van der Waals surface area contributed by atoms with Crippen molar-refractivity contribution in [1.82, 2.24) is 0 Å². The summed E-state index contributed by atoms with van der Waals surface area (Å²) in [6.45, 7) is 0. The zero-order valence-corrected chi connectivity index (χ0v) is 16.3. The van der Waals surface area contributed by atoms with Gasteiger partial charge in [-0.15, -0.1) is 0 Å². The smallest absolute Gasteiger partial charge is 0.0504 e. The van der Waals surface area contributed by atoms with Gasteiger partial charge in [0.1, 0.15) is 0 Å². The Labute approximate surface area is 157 Å². The largest absolute Gasteiger partial charge is 0.255 e. The maximum atomic E-state index is 12.2.